The highest BCUT2D eigenvalue weighted by molar-refractivity contribution is 7.99. The van der Waals surface area contributed by atoms with Crippen molar-refractivity contribution >= 4 is 17.5 Å². The lowest BCUT2D eigenvalue weighted by molar-refractivity contribution is 0.102. The van der Waals surface area contributed by atoms with E-state index in [0.29, 0.717) is 5.16 Å². The number of methoxy groups -OCH3 is 1. The number of ether oxygens (including phenoxy) is 1. The first-order chi connectivity index (χ1) is 12.9. The van der Waals surface area contributed by atoms with E-state index in [9.17, 15) is 4.79 Å². The minimum atomic E-state index is 0.0855. The summed E-state index contributed by atoms with van der Waals surface area (Å²) in [6, 6.07) is 9.51. The number of ketones is 1. The minimum absolute atomic E-state index is 0.0855. The van der Waals surface area contributed by atoms with Crippen molar-refractivity contribution in [1.82, 2.24) is 20.2 Å². The molecule has 140 valence electrons. The molecule has 0 radical (unpaired) electrons. The van der Waals surface area contributed by atoms with Crippen LogP contribution in [0.3, 0.4) is 0 Å². The van der Waals surface area contributed by atoms with Crippen LogP contribution in [0.2, 0.25) is 0 Å². The van der Waals surface area contributed by atoms with Crippen molar-refractivity contribution in [3.63, 3.8) is 0 Å². The third kappa shape index (κ3) is 3.88. The van der Waals surface area contributed by atoms with Crippen LogP contribution in [0, 0.1) is 27.7 Å². The van der Waals surface area contributed by atoms with Crippen LogP contribution in [-0.4, -0.2) is 38.9 Å². The molecule has 0 unspecified atom stereocenters. The molecule has 3 rings (SSSR count). The molecule has 0 aliphatic carbocycles. The van der Waals surface area contributed by atoms with E-state index in [1.807, 2.05) is 38.1 Å². The van der Waals surface area contributed by atoms with E-state index >= 15 is 0 Å². The number of carbonyl (C=O) groups excluding carboxylic acids is 1. The molecule has 0 saturated heterocycles. The smallest absolute Gasteiger partial charge is 0.214 e. The fourth-order valence-electron chi connectivity index (χ4n) is 3.07. The van der Waals surface area contributed by atoms with Gasteiger partial charge < -0.3 is 4.74 Å². The number of rotatable bonds is 6. The predicted octanol–water partition coefficient (Wildman–Crippen LogP) is 3.88. The standard InChI is InChI=1S/C20H22N4O2S/c1-12-10-13(2)19(15(4)14(12)3)18(25)11-27-20-21-22-23-24(20)16-6-8-17(26-5)9-7-16/h6-10H,11H2,1-5H3. The number of hydrogen-bond acceptors (Lipinski definition) is 6. The van der Waals surface area contributed by atoms with E-state index in [-0.39, 0.29) is 11.5 Å². The quantitative estimate of drug-likeness (QED) is 0.476. The number of carbonyl (C=O) groups is 1. The molecule has 0 saturated carbocycles. The normalized spacial score (nSPS) is 10.9. The molecule has 0 N–H and O–H groups in total. The number of nitrogens with zero attached hydrogens (tertiary/aromatic N) is 4. The molecule has 2 aromatic carbocycles. The van der Waals surface area contributed by atoms with Gasteiger partial charge in [-0.3, -0.25) is 4.79 Å². The SMILES string of the molecule is COc1ccc(-n2nnnc2SCC(=O)c2c(C)cc(C)c(C)c2C)cc1. The van der Waals surface area contributed by atoms with Gasteiger partial charge in [-0.15, -0.1) is 5.10 Å². The van der Waals surface area contributed by atoms with E-state index in [2.05, 4.69) is 35.4 Å². The highest BCUT2D eigenvalue weighted by Gasteiger charge is 2.18. The van der Waals surface area contributed by atoms with E-state index < -0.39 is 0 Å². The molecule has 0 fully saturated rings. The molecule has 0 aliphatic rings. The van der Waals surface area contributed by atoms with Crippen LogP contribution < -0.4 is 4.74 Å². The number of aromatic nitrogens is 4. The topological polar surface area (TPSA) is 69.9 Å². The fourth-order valence-corrected chi connectivity index (χ4v) is 3.83. The maximum absolute atomic E-state index is 12.9. The van der Waals surface area contributed by atoms with Gasteiger partial charge in [0, 0.05) is 5.56 Å². The van der Waals surface area contributed by atoms with Gasteiger partial charge in [-0.1, -0.05) is 17.8 Å². The van der Waals surface area contributed by atoms with Gasteiger partial charge in [0.1, 0.15) is 5.75 Å². The molecule has 6 nitrogen and oxygen atoms in total. The molecule has 0 aliphatic heterocycles. The molecule has 0 bridgehead atoms. The van der Waals surface area contributed by atoms with Crippen molar-refractivity contribution < 1.29 is 9.53 Å². The van der Waals surface area contributed by atoms with Gasteiger partial charge in [0.25, 0.3) is 0 Å². The number of thioether (sulfide) groups is 1. The van der Waals surface area contributed by atoms with Crippen molar-refractivity contribution in [2.75, 3.05) is 12.9 Å². The van der Waals surface area contributed by atoms with Gasteiger partial charge in [-0.05, 0) is 84.6 Å². The van der Waals surface area contributed by atoms with Gasteiger partial charge in [0.2, 0.25) is 5.16 Å². The van der Waals surface area contributed by atoms with Crippen LogP contribution in [0.15, 0.2) is 35.5 Å². The zero-order valence-corrected chi connectivity index (χ0v) is 16.9. The summed E-state index contributed by atoms with van der Waals surface area (Å²) in [7, 11) is 1.62. The Kier molecular flexibility index (Phi) is 5.60. The van der Waals surface area contributed by atoms with Crippen LogP contribution in [0.4, 0.5) is 0 Å². The largest absolute Gasteiger partial charge is 0.497 e. The van der Waals surface area contributed by atoms with E-state index in [1.54, 1.807) is 11.8 Å². The Labute approximate surface area is 162 Å². The summed E-state index contributed by atoms with van der Waals surface area (Å²) in [5.74, 6) is 1.13. The highest BCUT2D eigenvalue weighted by atomic mass is 32.2. The fraction of sp³-hybridized carbons (Fsp3) is 0.300. The number of hydrogen-bond donors (Lipinski definition) is 0. The number of Topliss-reactive ketones (excluding diaryl/α,β-unsaturated/α-hetero) is 1. The molecule has 1 aromatic heterocycles. The second-order valence-corrected chi connectivity index (χ2v) is 7.36. The molecule has 27 heavy (non-hydrogen) atoms. The van der Waals surface area contributed by atoms with Gasteiger partial charge in [-0.25, -0.2) is 0 Å². The Hall–Kier alpha value is -2.67. The second-order valence-electron chi connectivity index (χ2n) is 6.42. The Morgan fingerprint density at radius 1 is 1.07 bits per heavy atom. The molecule has 7 heteroatoms. The maximum Gasteiger partial charge on any atom is 0.214 e. The first-order valence-corrected chi connectivity index (χ1v) is 9.57. The monoisotopic (exact) mass is 382 g/mol. The average Bonchev–Trinajstić information content (AvgIpc) is 3.13. The van der Waals surface area contributed by atoms with Crippen LogP contribution in [0.5, 0.6) is 5.75 Å². The van der Waals surface area contributed by atoms with Gasteiger partial charge >= 0.3 is 0 Å². The average molecular weight is 382 g/mol. The van der Waals surface area contributed by atoms with E-state index in [1.165, 1.54) is 17.3 Å². The Morgan fingerprint density at radius 3 is 2.44 bits per heavy atom. The Balaban J connectivity index is 1.79. The molecule has 0 atom stereocenters. The van der Waals surface area contributed by atoms with Crippen molar-refractivity contribution in [3.05, 3.63) is 58.1 Å². The van der Waals surface area contributed by atoms with Gasteiger partial charge in [0.15, 0.2) is 5.78 Å². The maximum atomic E-state index is 12.9. The van der Waals surface area contributed by atoms with Crippen LogP contribution in [0.25, 0.3) is 5.69 Å². The summed E-state index contributed by atoms with van der Waals surface area (Å²) in [5, 5.41) is 12.4. The molecule has 1 heterocycles. The lowest BCUT2D eigenvalue weighted by Crippen LogP contribution is -2.10. The van der Waals surface area contributed by atoms with E-state index in [0.717, 1.165) is 33.7 Å². The third-order valence-corrected chi connectivity index (χ3v) is 5.64. The van der Waals surface area contributed by atoms with Crippen molar-refractivity contribution in [2.45, 2.75) is 32.9 Å². The first-order valence-electron chi connectivity index (χ1n) is 8.58. The zero-order valence-electron chi connectivity index (χ0n) is 16.1. The molecular formula is C20H22N4O2S. The zero-order chi connectivity index (χ0) is 19.6. The molecule has 3 aromatic rings. The van der Waals surface area contributed by atoms with Crippen molar-refractivity contribution in [2.24, 2.45) is 0 Å². The van der Waals surface area contributed by atoms with E-state index in [4.69, 9.17) is 4.74 Å². The van der Waals surface area contributed by atoms with Crippen LogP contribution in [0.1, 0.15) is 32.6 Å². The molecular weight excluding hydrogens is 360 g/mol. The summed E-state index contributed by atoms with van der Waals surface area (Å²) in [6.07, 6.45) is 0. The van der Waals surface area contributed by atoms with Crippen LogP contribution >= 0.6 is 11.8 Å². The van der Waals surface area contributed by atoms with Crippen molar-refractivity contribution in [1.29, 1.82) is 0 Å². The third-order valence-electron chi connectivity index (χ3n) is 4.73. The van der Waals surface area contributed by atoms with Crippen molar-refractivity contribution in [3.8, 4) is 11.4 Å². The summed E-state index contributed by atoms with van der Waals surface area (Å²) < 4.78 is 6.80. The van der Waals surface area contributed by atoms with Gasteiger partial charge in [-0.2, -0.15) is 4.68 Å². The summed E-state index contributed by atoms with van der Waals surface area (Å²) >= 11 is 1.33. The highest BCUT2D eigenvalue weighted by Crippen LogP contribution is 2.25. The molecule has 0 spiro atoms. The summed E-state index contributed by atoms with van der Waals surface area (Å²) in [4.78, 5) is 12.9. The summed E-state index contributed by atoms with van der Waals surface area (Å²) in [6.45, 7) is 8.12. The lowest BCUT2D eigenvalue weighted by Gasteiger charge is -2.14. The Bertz CT molecular complexity index is 980. The van der Waals surface area contributed by atoms with Gasteiger partial charge in [0.05, 0.1) is 18.6 Å². The Morgan fingerprint density at radius 2 is 1.78 bits per heavy atom. The number of benzene rings is 2. The van der Waals surface area contributed by atoms with Crippen LogP contribution in [-0.2, 0) is 0 Å². The summed E-state index contributed by atoms with van der Waals surface area (Å²) in [5.41, 5.74) is 6.04. The second kappa shape index (κ2) is 7.92. The predicted molar refractivity (Wildman–Crippen MR) is 106 cm³/mol. The lowest BCUT2D eigenvalue weighted by atomic mass is 9.92. The number of tetrazole rings is 1. The minimum Gasteiger partial charge on any atom is -0.497 e. The first kappa shape index (κ1) is 19.1. The number of aryl methyl sites for hydroxylation is 2. The molecule has 0 amide bonds.